The Balaban J connectivity index is 3.54. The highest BCUT2D eigenvalue weighted by molar-refractivity contribution is 5.88. The summed E-state index contributed by atoms with van der Waals surface area (Å²) in [4.78, 5) is 21.7. The zero-order valence-electron chi connectivity index (χ0n) is 8.37. The molecule has 0 fully saturated rings. The van der Waals surface area contributed by atoms with Crippen molar-refractivity contribution in [2.24, 2.45) is 0 Å². The maximum atomic E-state index is 10.9. The summed E-state index contributed by atoms with van der Waals surface area (Å²) < 4.78 is 13.8. The largest absolute Gasteiger partial charge is 0.461 e. The molecular formula is C9H14O5. The molecule has 0 saturated heterocycles. The van der Waals surface area contributed by atoms with Gasteiger partial charge in [0.25, 0.3) is 0 Å². The van der Waals surface area contributed by atoms with Crippen molar-refractivity contribution in [1.82, 2.24) is 0 Å². The molecule has 0 rings (SSSR count). The summed E-state index contributed by atoms with van der Waals surface area (Å²) in [6.07, 6.45) is 0. The summed E-state index contributed by atoms with van der Waals surface area (Å²) in [5, 5.41) is 0. The number of rotatable bonds is 6. The Morgan fingerprint density at radius 3 is 2.36 bits per heavy atom. The van der Waals surface area contributed by atoms with E-state index in [1.807, 2.05) is 0 Å². The quantitative estimate of drug-likeness (QED) is 0.352. The van der Waals surface area contributed by atoms with Crippen molar-refractivity contribution in [3.05, 3.63) is 12.2 Å². The van der Waals surface area contributed by atoms with Crippen LogP contribution in [0.3, 0.4) is 0 Å². The lowest BCUT2D eigenvalue weighted by atomic mass is 10.4. The lowest BCUT2D eigenvalue weighted by Gasteiger charge is -2.04. The Kier molecular flexibility index (Phi) is 6.39. The van der Waals surface area contributed by atoms with E-state index in [9.17, 15) is 9.59 Å². The first kappa shape index (κ1) is 12.6. The molecule has 0 unspecified atom stereocenters. The van der Waals surface area contributed by atoms with Gasteiger partial charge in [0.2, 0.25) is 0 Å². The van der Waals surface area contributed by atoms with E-state index in [2.05, 4.69) is 20.8 Å². The van der Waals surface area contributed by atoms with Crippen LogP contribution >= 0.6 is 0 Å². The van der Waals surface area contributed by atoms with Gasteiger partial charge < -0.3 is 14.2 Å². The Morgan fingerprint density at radius 1 is 1.21 bits per heavy atom. The highest BCUT2D eigenvalue weighted by Crippen LogP contribution is 1.92. The van der Waals surface area contributed by atoms with E-state index in [1.165, 1.54) is 14.0 Å². The van der Waals surface area contributed by atoms with Gasteiger partial charge >= 0.3 is 11.9 Å². The van der Waals surface area contributed by atoms with Gasteiger partial charge in [-0.25, -0.2) is 9.59 Å². The van der Waals surface area contributed by atoms with Crippen LogP contribution in [0, 0.1) is 0 Å². The predicted octanol–water partition coefficient (Wildman–Crippen LogP) is 0.295. The molecule has 0 aliphatic rings. The number of ether oxygens (including phenoxy) is 3. The molecule has 0 heterocycles. The Bertz CT molecular complexity index is 221. The SMILES string of the molecule is C=C(C)C(=O)OCC(=O)OCCOC. The monoisotopic (exact) mass is 202 g/mol. The van der Waals surface area contributed by atoms with Crippen molar-refractivity contribution in [1.29, 1.82) is 0 Å². The molecule has 0 aliphatic carbocycles. The van der Waals surface area contributed by atoms with E-state index in [0.717, 1.165) is 0 Å². The van der Waals surface area contributed by atoms with E-state index in [0.29, 0.717) is 6.61 Å². The molecule has 0 aromatic heterocycles. The Morgan fingerprint density at radius 2 is 1.86 bits per heavy atom. The van der Waals surface area contributed by atoms with Gasteiger partial charge in [0.05, 0.1) is 6.61 Å². The molecule has 5 nitrogen and oxygen atoms in total. The topological polar surface area (TPSA) is 61.8 Å². The molecule has 0 bridgehead atoms. The molecule has 0 amide bonds. The van der Waals surface area contributed by atoms with E-state index < -0.39 is 18.5 Å². The number of methoxy groups -OCH3 is 1. The second-order valence-electron chi connectivity index (χ2n) is 2.57. The molecule has 0 atom stereocenters. The summed E-state index contributed by atoms with van der Waals surface area (Å²) in [5.41, 5.74) is 0.245. The molecular weight excluding hydrogens is 188 g/mol. The van der Waals surface area contributed by atoms with Crippen molar-refractivity contribution in [3.8, 4) is 0 Å². The molecule has 0 N–H and O–H groups in total. The summed E-state index contributed by atoms with van der Waals surface area (Å²) in [7, 11) is 1.49. The van der Waals surface area contributed by atoms with Gasteiger partial charge in [0, 0.05) is 12.7 Å². The third-order valence-electron chi connectivity index (χ3n) is 1.22. The predicted molar refractivity (Wildman–Crippen MR) is 48.6 cm³/mol. The van der Waals surface area contributed by atoms with Crippen molar-refractivity contribution in [2.45, 2.75) is 6.92 Å². The molecule has 0 saturated carbocycles. The first-order valence-corrected chi connectivity index (χ1v) is 4.05. The van der Waals surface area contributed by atoms with Crippen LogP contribution in [0.1, 0.15) is 6.92 Å². The van der Waals surface area contributed by atoms with Crippen molar-refractivity contribution >= 4 is 11.9 Å². The van der Waals surface area contributed by atoms with Gasteiger partial charge in [-0.1, -0.05) is 6.58 Å². The number of hydrogen-bond donors (Lipinski definition) is 0. The number of carbonyl (C=O) groups excluding carboxylic acids is 2. The van der Waals surface area contributed by atoms with Crippen molar-refractivity contribution < 1.29 is 23.8 Å². The van der Waals surface area contributed by atoms with E-state index in [4.69, 9.17) is 0 Å². The molecule has 0 aromatic rings. The number of esters is 2. The van der Waals surface area contributed by atoms with Crippen LogP contribution < -0.4 is 0 Å². The van der Waals surface area contributed by atoms with Crippen LogP contribution in [0.15, 0.2) is 12.2 Å². The van der Waals surface area contributed by atoms with Gasteiger partial charge in [0.15, 0.2) is 6.61 Å². The number of hydrogen-bond acceptors (Lipinski definition) is 5. The molecule has 0 radical (unpaired) electrons. The highest BCUT2D eigenvalue weighted by atomic mass is 16.6. The third-order valence-corrected chi connectivity index (χ3v) is 1.22. The van der Waals surface area contributed by atoms with Crippen LogP contribution in [0.25, 0.3) is 0 Å². The summed E-state index contributed by atoms with van der Waals surface area (Å²) in [5.74, 6) is -1.20. The molecule has 0 aliphatic heterocycles. The molecule has 80 valence electrons. The van der Waals surface area contributed by atoms with Crippen molar-refractivity contribution in [2.75, 3.05) is 26.9 Å². The summed E-state index contributed by atoms with van der Waals surface area (Å²) in [6.45, 7) is 4.94. The van der Waals surface area contributed by atoms with Crippen LogP contribution in [-0.2, 0) is 23.8 Å². The second-order valence-corrected chi connectivity index (χ2v) is 2.57. The lowest BCUT2D eigenvalue weighted by molar-refractivity contribution is -0.157. The molecule has 14 heavy (non-hydrogen) atoms. The van der Waals surface area contributed by atoms with Gasteiger partial charge in [0.1, 0.15) is 6.61 Å². The van der Waals surface area contributed by atoms with Crippen LogP contribution in [0.5, 0.6) is 0 Å². The fourth-order valence-corrected chi connectivity index (χ4v) is 0.528. The Hall–Kier alpha value is -1.36. The molecule has 5 heteroatoms. The average Bonchev–Trinajstić information content (AvgIpc) is 2.14. The normalized spacial score (nSPS) is 9.29. The Labute approximate surface area is 82.6 Å². The third kappa shape index (κ3) is 6.19. The summed E-state index contributed by atoms with van der Waals surface area (Å²) >= 11 is 0. The fraction of sp³-hybridized carbons (Fsp3) is 0.556. The first-order chi connectivity index (χ1) is 6.57. The lowest BCUT2D eigenvalue weighted by Crippen LogP contribution is -2.18. The maximum absolute atomic E-state index is 10.9. The van der Waals surface area contributed by atoms with E-state index >= 15 is 0 Å². The average molecular weight is 202 g/mol. The summed E-state index contributed by atoms with van der Waals surface area (Å²) in [6, 6.07) is 0. The number of carbonyl (C=O) groups is 2. The second kappa shape index (κ2) is 7.08. The highest BCUT2D eigenvalue weighted by Gasteiger charge is 2.08. The van der Waals surface area contributed by atoms with Crippen molar-refractivity contribution in [3.63, 3.8) is 0 Å². The zero-order chi connectivity index (χ0) is 11.0. The first-order valence-electron chi connectivity index (χ1n) is 4.05. The van der Waals surface area contributed by atoms with Crippen LogP contribution in [0.2, 0.25) is 0 Å². The standard InChI is InChI=1S/C9H14O5/c1-7(2)9(11)14-6-8(10)13-5-4-12-3/h1,4-6H2,2-3H3. The minimum Gasteiger partial charge on any atom is -0.461 e. The van der Waals surface area contributed by atoms with Crippen LogP contribution in [-0.4, -0.2) is 38.9 Å². The van der Waals surface area contributed by atoms with E-state index in [-0.39, 0.29) is 12.2 Å². The van der Waals surface area contributed by atoms with Crippen LogP contribution in [0.4, 0.5) is 0 Å². The zero-order valence-corrected chi connectivity index (χ0v) is 8.37. The molecule has 0 spiro atoms. The fourth-order valence-electron chi connectivity index (χ4n) is 0.528. The van der Waals surface area contributed by atoms with E-state index in [1.54, 1.807) is 0 Å². The minimum absolute atomic E-state index is 0.153. The molecule has 0 aromatic carbocycles. The smallest absolute Gasteiger partial charge is 0.344 e. The van der Waals surface area contributed by atoms with Gasteiger partial charge in [-0.05, 0) is 6.92 Å². The van der Waals surface area contributed by atoms with Gasteiger partial charge in [-0.2, -0.15) is 0 Å². The van der Waals surface area contributed by atoms with Gasteiger partial charge in [-0.3, -0.25) is 0 Å². The van der Waals surface area contributed by atoms with Gasteiger partial charge in [-0.15, -0.1) is 0 Å². The minimum atomic E-state index is -0.603. The maximum Gasteiger partial charge on any atom is 0.344 e.